The average molecular weight is 200 g/mol. The molecule has 0 saturated carbocycles. The van der Waals surface area contributed by atoms with E-state index in [1.54, 1.807) is 0 Å². The highest BCUT2D eigenvalue weighted by atomic mass is 16.2. The number of nitrogens with zero attached hydrogens (tertiary/aromatic N) is 1. The van der Waals surface area contributed by atoms with Gasteiger partial charge in [-0.3, -0.25) is 4.79 Å². The molecule has 0 aliphatic heterocycles. The van der Waals surface area contributed by atoms with Gasteiger partial charge in [-0.25, -0.2) is 0 Å². The highest BCUT2D eigenvalue weighted by molar-refractivity contribution is 5.76. The largest absolute Gasteiger partial charge is 0.341 e. The zero-order chi connectivity index (χ0) is 11.4. The molecule has 0 aliphatic carbocycles. The molecule has 0 aromatic rings. The minimum Gasteiger partial charge on any atom is -0.341 e. The first-order chi connectivity index (χ1) is 6.31. The van der Waals surface area contributed by atoms with Crippen LogP contribution in [0.1, 0.15) is 47.0 Å². The Balaban J connectivity index is 4.12. The van der Waals surface area contributed by atoms with Crippen LogP contribution in [0.2, 0.25) is 0 Å². The van der Waals surface area contributed by atoms with Crippen LogP contribution in [0.5, 0.6) is 0 Å². The Kier molecular flexibility index (Phi) is 5.13. The fraction of sp³-hybridized carbons (Fsp3) is 0.909. The summed E-state index contributed by atoms with van der Waals surface area (Å²) in [5, 5.41) is 0. The molecule has 84 valence electrons. The summed E-state index contributed by atoms with van der Waals surface area (Å²) in [6.45, 7) is 8.18. The van der Waals surface area contributed by atoms with Crippen molar-refractivity contribution in [3.05, 3.63) is 0 Å². The van der Waals surface area contributed by atoms with Crippen molar-refractivity contribution in [3.8, 4) is 0 Å². The van der Waals surface area contributed by atoms with Crippen LogP contribution in [-0.4, -0.2) is 29.4 Å². The molecule has 0 aromatic carbocycles. The SMILES string of the molecule is CCC(C)(C)N(C)C(=O)CCC(C)N. The number of carbonyl (C=O) groups is 1. The van der Waals surface area contributed by atoms with E-state index in [9.17, 15) is 4.79 Å². The number of hydrogen-bond donors (Lipinski definition) is 1. The summed E-state index contributed by atoms with van der Waals surface area (Å²) in [5.41, 5.74) is 5.56. The van der Waals surface area contributed by atoms with Crippen LogP contribution in [0.4, 0.5) is 0 Å². The summed E-state index contributed by atoms with van der Waals surface area (Å²) < 4.78 is 0. The highest BCUT2D eigenvalue weighted by Gasteiger charge is 2.24. The molecular weight excluding hydrogens is 176 g/mol. The van der Waals surface area contributed by atoms with Gasteiger partial charge in [-0.2, -0.15) is 0 Å². The van der Waals surface area contributed by atoms with E-state index in [0.717, 1.165) is 12.8 Å². The third-order valence-electron chi connectivity index (χ3n) is 2.96. The van der Waals surface area contributed by atoms with E-state index in [-0.39, 0.29) is 17.5 Å². The van der Waals surface area contributed by atoms with Crippen molar-refractivity contribution in [2.24, 2.45) is 5.73 Å². The summed E-state index contributed by atoms with van der Waals surface area (Å²) in [6, 6.07) is 0.108. The lowest BCUT2D eigenvalue weighted by atomic mass is 9.99. The van der Waals surface area contributed by atoms with E-state index in [1.165, 1.54) is 0 Å². The lowest BCUT2D eigenvalue weighted by molar-refractivity contribution is -0.134. The van der Waals surface area contributed by atoms with Crippen LogP contribution in [-0.2, 0) is 4.79 Å². The summed E-state index contributed by atoms with van der Waals surface area (Å²) in [7, 11) is 1.87. The van der Waals surface area contributed by atoms with Gasteiger partial charge in [0.05, 0.1) is 0 Å². The molecule has 0 aromatic heterocycles. The first-order valence-corrected chi connectivity index (χ1v) is 5.33. The predicted molar refractivity (Wildman–Crippen MR) is 60.0 cm³/mol. The number of hydrogen-bond acceptors (Lipinski definition) is 2. The summed E-state index contributed by atoms with van der Waals surface area (Å²) in [4.78, 5) is 13.6. The van der Waals surface area contributed by atoms with Crippen LogP contribution in [0.15, 0.2) is 0 Å². The summed E-state index contributed by atoms with van der Waals surface area (Å²) >= 11 is 0. The lowest BCUT2D eigenvalue weighted by Crippen LogP contribution is -2.44. The Bertz CT molecular complexity index is 188. The van der Waals surface area contributed by atoms with Gasteiger partial charge in [0.1, 0.15) is 0 Å². The molecule has 0 fully saturated rings. The van der Waals surface area contributed by atoms with Crippen molar-refractivity contribution in [1.82, 2.24) is 4.90 Å². The molecule has 1 atom stereocenters. The molecule has 0 bridgehead atoms. The highest BCUT2D eigenvalue weighted by Crippen LogP contribution is 2.17. The van der Waals surface area contributed by atoms with Gasteiger partial charge in [-0.05, 0) is 33.6 Å². The molecule has 0 spiro atoms. The fourth-order valence-corrected chi connectivity index (χ4v) is 1.09. The molecular formula is C11H24N2O. The van der Waals surface area contributed by atoms with Crippen LogP contribution < -0.4 is 5.73 Å². The molecule has 0 saturated heterocycles. The molecule has 3 heteroatoms. The third kappa shape index (κ3) is 4.09. The second kappa shape index (κ2) is 5.35. The van der Waals surface area contributed by atoms with Crippen molar-refractivity contribution in [2.75, 3.05) is 7.05 Å². The third-order valence-corrected chi connectivity index (χ3v) is 2.96. The summed E-state index contributed by atoms with van der Waals surface area (Å²) in [6.07, 6.45) is 2.29. The van der Waals surface area contributed by atoms with Gasteiger partial charge < -0.3 is 10.6 Å². The molecule has 0 rings (SSSR count). The van der Waals surface area contributed by atoms with Crippen molar-refractivity contribution >= 4 is 5.91 Å². The van der Waals surface area contributed by atoms with E-state index in [1.807, 2.05) is 18.9 Å². The quantitative estimate of drug-likeness (QED) is 0.735. The Hall–Kier alpha value is -0.570. The Morgan fingerprint density at radius 2 is 2.00 bits per heavy atom. The van der Waals surface area contributed by atoms with E-state index < -0.39 is 0 Å². The van der Waals surface area contributed by atoms with Crippen molar-refractivity contribution < 1.29 is 4.79 Å². The van der Waals surface area contributed by atoms with E-state index in [0.29, 0.717) is 6.42 Å². The molecule has 1 amide bonds. The maximum atomic E-state index is 11.7. The van der Waals surface area contributed by atoms with E-state index >= 15 is 0 Å². The number of amides is 1. The first-order valence-electron chi connectivity index (χ1n) is 5.33. The maximum absolute atomic E-state index is 11.7. The lowest BCUT2D eigenvalue weighted by Gasteiger charge is -2.35. The maximum Gasteiger partial charge on any atom is 0.222 e. The van der Waals surface area contributed by atoms with Gasteiger partial charge in [0.25, 0.3) is 0 Å². The minimum absolute atomic E-state index is 0.0467. The summed E-state index contributed by atoms with van der Waals surface area (Å²) in [5.74, 6) is 0.189. The van der Waals surface area contributed by atoms with Gasteiger partial charge in [-0.1, -0.05) is 6.92 Å². The van der Waals surface area contributed by atoms with Crippen LogP contribution in [0, 0.1) is 0 Å². The molecule has 3 nitrogen and oxygen atoms in total. The molecule has 0 radical (unpaired) electrons. The molecule has 1 unspecified atom stereocenters. The smallest absolute Gasteiger partial charge is 0.222 e. The number of rotatable bonds is 5. The zero-order valence-electron chi connectivity index (χ0n) is 10.1. The van der Waals surface area contributed by atoms with Crippen molar-refractivity contribution in [3.63, 3.8) is 0 Å². The predicted octanol–water partition coefficient (Wildman–Crippen LogP) is 1.76. The van der Waals surface area contributed by atoms with Gasteiger partial charge in [0, 0.05) is 25.0 Å². The van der Waals surface area contributed by atoms with Gasteiger partial charge in [0.15, 0.2) is 0 Å². The molecule has 14 heavy (non-hydrogen) atoms. The first kappa shape index (κ1) is 13.4. The van der Waals surface area contributed by atoms with Crippen molar-refractivity contribution in [2.45, 2.75) is 58.5 Å². The van der Waals surface area contributed by atoms with E-state index in [2.05, 4.69) is 20.8 Å². The monoisotopic (exact) mass is 200 g/mol. The molecule has 2 N–H and O–H groups in total. The standard InChI is InChI=1S/C11H24N2O/c1-6-11(3,4)13(5)10(14)8-7-9(2)12/h9H,6-8,12H2,1-5H3. The van der Waals surface area contributed by atoms with Crippen LogP contribution in [0.25, 0.3) is 0 Å². The van der Waals surface area contributed by atoms with Crippen LogP contribution in [0.3, 0.4) is 0 Å². The van der Waals surface area contributed by atoms with E-state index in [4.69, 9.17) is 5.73 Å². The van der Waals surface area contributed by atoms with Gasteiger partial charge >= 0.3 is 0 Å². The second-order valence-corrected chi connectivity index (χ2v) is 4.63. The molecule has 0 heterocycles. The minimum atomic E-state index is -0.0467. The second-order valence-electron chi connectivity index (χ2n) is 4.63. The average Bonchev–Trinajstić information content (AvgIpc) is 2.12. The van der Waals surface area contributed by atoms with Gasteiger partial charge in [0.2, 0.25) is 5.91 Å². The van der Waals surface area contributed by atoms with Crippen LogP contribution >= 0.6 is 0 Å². The number of nitrogens with two attached hydrogens (primary N) is 1. The molecule has 0 aliphatic rings. The van der Waals surface area contributed by atoms with Gasteiger partial charge in [-0.15, -0.1) is 0 Å². The fourth-order valence-electron chi connectivity index (χ4n) is 1.09. The Morgan fingerprint density at radius 1 is 1.50 bits per heavy atom. The number of carbonyl (C=O) groups excluding carboxylic acids is 1. The van der Waals surface area contributed by atoms with Crippen molar-refractivity contribution in [1.29, 1.82) is 0 Å². The Morgan fingerprint density at radius 3 is 2.36 bits per heavy atom. The topological polar surface area (TPSA) is 46.3 Å². The zero-order valence-corrected chi connectivity index (χ0v) is 10.1. The Labute approximate surface area is 87.6 Å². The normalized spacial score (nSPS) is 13.9.